The van der Waals surface area contributed by atoms with Gasteiger partial charge in [-0.1, -0.05) is 6.07 Å². The van der Waals surface area contributed by atoms with Gasteiger partial charge in [-0.25, -0.2) is 9.78 Å². The van der Waals surface area contributed by atoms with Gasteiger partial charge in [0.15, 0.2) is 0 Å². The number of aromatic carboxylic acids is 1. The molecule has 0 atom stereocenters. The third kappa shape index (κ3) is 4.27. The molecule has 0 aliphatic heterocycles. The van der Waals surface area contributed by atoms with Gasteiger partial charge in [0, 0.05) is 37.6 Å². The van der Waals surface area contributed by atoms with Crippen molar-refractivity contribution in [2.24, 2.45) is 7.05 Å². The average molecular weight is 286 g/mol. The number of carbonyl (C=O) groups is 2. The summed E-state index contributed by atoms with van der Waals surface area (Å²) in [5.41, 5.74) is 1.53. The van der Waals surface area contributed by atoms with Crippen LogP contribution in [0.2, 0.25) is 0 Å². The van der Waals surface area contributed by atoms with Gasteiger partial charge >= 0.3 is 5.97 Å². The molecular weight excluding hydrogens is 272 g/mol. The van der Waals surface area contributed by atoms with E-state index in [-0.39, 0.29) is 18.1 Å². The van der Waals surface area contributed by atoms with Gasteiger partial charge in [0.2, 0.25) is 5.91 Å². The number of amides is 1. The number of pyridine rings is 1. The summed E-state index contributed by atoms with van der Waals surface area (Å²) in [4.78, 5) is 26.1. The largest absolute Gasteiger partial charge is 0.477 e. The minimum absolute atomic E-state index is 0.0263. The van der Waals surface area contributed by atoms with E-state index in [9.17, 15) is 9.59 Å². The lowest BCUT2D eigenvalue weighted by Crippen LogP contribution is -2.20. The van der Waals surface area contributed by atoms with Crippen LogP contribution in [-0.4, -0.2) is 31.7 Å². The molecule has 0 saturated carbocycles. The third-order valence-electron chi connectivity index (χ3n) is 2.66. The summed E-state index contributed by atoms with van der Waals surface area (Å²) in [7, 11) is 1.80. The fourth-order valence-corrected chi connectivity index (χ4v) is 1.60. The predicted octanol–water partition coefficient (Wildman–Crippen LogP) is 0.843. The molecule has 0 bridgehead atoms. The summed E-state index contributed by atoms with van der Waals surface area (Å²) < 4.78 is 1.65. The van der Waals surface area contributed by atoms with Crippen LogP contribution in [0.25, 0.3) is 6.08 Å². The fraction of sp³-hybridized carbons (Fsp3) is 0.143. The molecule has 0 aromatic carbocycles. The number of aryl methyl sites for hydroxylation is 1. The molecule has 2 rings (SSSR count). The highest BCUT2D eigenvalue weighted by Crippen LogP contribution is 2.01. The van der Waals surface area contributed by atoms with Crippen LogP contribution in [0.15, 0.2) is 36.8 Å². The first-order valence-electron chi connectivity index (χ1n) is 6.17. The minimum Gasteiger partial charge on any atom is -0.477 e. The Morgan fingerprint density at radius 2 is 2.19 bits per heavy atom. The molecule has 0 aliphatic rings. The van der Waals surface area contributed by atoms with Crippen molar-refractivity contribution >= 4 is 18.0 Å². The Morgan fingerprint density at radius 3 is 2.76 bits per heavy atom. The number of carboxylic acids is 1. The van der Waals surface area contributed by atoms with Gasteiger partial charge in [-0.3, -0.25) is 9.48 Å². The van der Waals surface area contributed by atoms with E-state index in [1.807, 2.05) is 0 Å². The van der Waals surface area contributed by atoms with E-state index in [0.29, 0.717) is 0 Å². The number of aromatic nitrogens is 3. The second kappa shape index (κ2) is 6.47. The van der Waals surface area contributed by atoms with Crippen LogP contribution in [0.3, 0.4) is 0 Å². The van der Waals surface area contributed by atoms with Crippen molar-refractivity contribution in [2.45, 2.75) is 6.54 Å². The van der Waals surface area contributed by atoms with Crippen molar-refractivity contribution < 1.29 is 14.7 Å². The lowest BCUT2D eigenvalue weighted by Gasteiger charge is -2.02. The van der Waals surface area contributed by atoms with E-state index in [0.717, 1.165) is 11.1 Å². The first-order chi connectivity index (χ1) is 10.0. The maximum absolute atomic E-state index is 11.6. The van der Waals surface area contributed by atoms with E-state index < -0.39 is 5.97 Å². The molecule has 0 saturated heterocycles. The molecule has 108 valence electrons. The van der Waals surface area contributed by atoms with Gasteiger partial charge in [0.25, 0.3) is 0 Å². The van der Waals surface area contributed by atoms with Gasteiger partial charge in [0.1, 0.15) is 5.69 Å². The van der Waals surface area contributed by atoms with Crippen LogP contribution in [0.5, 0.6) is 0 Å². The lowest BCUT2D eigenvalue weighted by atomic mass is 10.2. The Labute approximate surface area is 120 Å². The monoisotopic (exact) mass is 286 g/mol. The van der Waals surface area contributed by atoms with Crippen molar-refractivity contribution in [1.29, 1.82) is 0 Å². The fourth-order valence-electron chi connectivity index (χ4n) is 1.60. The summed E-state index contributed by atoms with van der Waals surface area (Å²) in [5.74, 6) is -1.33. The first kappa shape index (κ1) is 14.4. The summed E-state index contributed by atoms with van der Waals surface area (Å²) in [5, 5.41) is 15.4. The molecule has 7 nitrogen and oxygen atoms in total. The van der Waals surface area contributed by atoms with Gasteiger partial charge in [-0.05, 0) is 17.7 Å². The zero-order valence-electron chi connectivity index (χ0n) is 11.4. The molecule has 2 heterocycles. The van der Waals surface area contributed by atoms with E-state index in [1.165, 1.54) is 18.3 Å². The standard InChI is InChI=1S/C14H14N4O3/c1-18-9-11(8-17-18)3-5-13(19)16-7-10-2-4-12(14(20)21)15-6-10/h2-6,8-9H,7H2,1H3,(H,16,19)(H,20,21)/b5-3+. The quantitative estimate of drug-likeness (QED) is 0.794. The number of rotatable bonds is 5. The highest BCUT2D eigenvalue weighted by atomic mass is 16.4. The van der Waals surface area contributed by atoms with Crippen molar-refractivity contribution in [3.63, 3.8) is 0 Å². The van der Waals surface area contributed by atoms with Crippen LogP contribution in [0.4, 0.5) is 0 Å². The molecule has 1 amide bonds. The Balaban J connectivity index is 1.86. The van der Waals surface area contributed by atoms with E-state index in [2.05, 4.69) is 15.4 Å². The van der Waals surface area contributed by atoms with E-state index in [1.54, 1.807) is 36.3 Å². The van der Waals surface area contributed by atoms with E-state index in [4.69, 9.17) is 5.11 Å². The topological polar surface area (TPSA) is 97.1 Å². The molecule has 2 N–H and O–H groups in total. The molecule has 2 aromatic rings. The Kier molecular flexibility index (Phi) is 4.45. The van der Waals surface area contributed by atoms with Gasteiger partial charge in [0.05, 0.1) is 6.20 Å². The predicted molar refractivity (Wildman–Crippen MR) is 75.3 cm³/mol. The molecule has 0 unspecified atom stereocenters. The minimum atomic E-state index is -1.08. The van der Waals surface area contributed by atoms with Crippen molar-refractivity contribution in [1.82, 2.24) is 20.1 Å². The van der Waals surface area contributed by atoms with Crippen LogP contribution in [-0.2, 0) is 18.4 Å². The lowest BCUT2D eigenvalue weighted by molar-refractivity contribution is -0.116. The number of carbonyl (C=O) groups excluding carboxylic acids is 1. The van der Waals surface area contributed by atoms with Crippen LogP contribution in [0.1, 0.15) is 21.6 Å². The molecule has 0 fully saturated rings. The molecule has 0 spiro atoms. The summed E-state index contributed by atoms with van der Waals surface area (Å²) in [6.07, 6.45) is 7.94. The van der Waals surface area contributed by atoms with Gasteiger partial charge in [-0.15, -0.1) is 0 Å². The molecule has 21 heavy (non-hydrogen) atoms. The van der Waals surface area contributed by atoms with Crippen molar-refractivity contribution in [2.75, 3.05) is 0 Å². The van der Waals surface area contributed by atoms with Gasteiger partial charge in [-0.2, -0.15) is 5.10 Å². The number of hydrogen-bond donors (Lipinski definition) is 2. The number of carboxylic acid groups (broad SMARTS) is 1. The van der Waals surface area contributed by atoms with Gasteiger partial charge < -0.3 is 10.4 Å². The van der Waals surface area contributed by atoms with Crippen LogP contribution in [0, 0.1) is 0 Å². The zero-order chi connectivity index (χ0) is 15.2. The van der Waals surface area contributed by atoms with Crippen molar-refractivity contribution in [3.8, 4) is 0 Å². The normalized spacial score (nSPS) is 10.7. The number of nitrogens with zero attached hydrogens (tertiary/aromatic N) is 3. The molecule has 0 radical (unpaired) electrons. The average Bonchev–Trinajstić information content (AvgIpc) is 2.89. The van der Waals surface area contributed by atoms with Crippen molar-refractivity contribution in [3.05, 3.63) is 53.6 Å². The summed E-state index contributed by atoms with van der Waals surface area (Å²) in [6, 6.07) is 3.01. The second-order valence-electron chi connectivity index (χ2n) is 4.36. The summed E-state index contributed by atoms with van der Waals surface area (Å²) >= 11 is 0. The Bertz CT molecular complexity index is 674. The molecular formula is C14H14N4O3. The number of nitrogens with one attached hydrogen (secondary N) is 1. The summed E-state index contributed by atoms with van der Waals surface area (Å²) in [6.45, 7) is 0.281. The highest BCUT2D eigenvalue weighted by Gasteiger charge is 2.04. The van der Waals surface area contributed by atoms with E-state index >= 15 is 0 Å². The maximum Gasteiger partial charge on any atom is 0.354 e. The highest BCUT2D eigenvalue weighted by molar-refractivity contribution is 5.91. The zero-order valence-corrected chi connectivity index (χ0v) is 11.4. The molecule has 2 aromatic heterocycles. The maximum atomic E-state index is 11.6. The van der Waals surface area contributed by atoms with Crippen LogP contribution >= 0.6 is 0 Å². The Hall–Kier alpha value is -2.96. The number of hydrogen-bond acceptors (Lipinski definition) is 4. The smallest absolute Gasteiger partial charge is 0.354 e. The molecule has 7 heteroatoms. The Morgan fingerprint density at radius 1 is 1.38 bits per heavy atom. The van der Waals surface area contributed by atoms with Crippen LogP contribution < -0.4 is 5.32 Å². The second-order valence-corrected chi connectivity index (χ2v) is 4.36. The first-order valence-corrected chi connectivity index (χ1v) is 6.17. The molecule has 0 aliphatic carbocycles. The SMILES string of the molecule is Cn1cc(/C=C/C(=O)NCc2ccc(C(=O)O)nc2)cn1. The third-order valence-corrected chi connectivity index (χ3v) is 2.66.